The molecule has 0 bridgehead atoms. The van der Waals surface area contributed by atoms with Crippen molar-refractivity contribution >= 4 is 49.6 Å². The van der Waals surface area contributed by atoms with Gasteiger partial charge in [0.1, 0.15) is 0 Å². The van der Waals surface area contributed by atoms with E-state index in [1.807, 2.05) is 0 Å². The second-order valence-corrected chi connectivity index (χ2v) is 4.39. The largest absolute Gasteiger partial charge is 2.00 e. The first-order valence-electron chi connectivity index (χ1n) is 5.10. The van der Waals surface area contributed by atoms with Gasteiger partial charge in [0, 0.05) is 24.8 Å². The number of aliphatic hydroxyl groups is 2. The van der Waals surface area contributed by atoms with Gasteiger partial charge in [-0.15, -0.1) is 0 Å². The van der Waals surface area contributed by atoms with Gasteiger partial charge < -0.3 is 23.5 Å². The van der Waals surface area contributed by atoms with E-state index < -0.39 is 17.7 Å². The SMILES string of the molecule is CC(C)(CC(=O)NCCCC(=O)O)C(O)O.[Ca+2].[H-].[H-]. The molecule has 0 heterocycles. The van der Waals surface area contributed by atoms with Crippen LogP contribution in [0.1, 0.15) is 36.0 Å². The van der Waals surface area contributed by atoms with Crippen LogP contribution >= 0.6 is 0 Å². The van der Waals surface area contributed by atoms with Gasteiger partial charge in [-0.2, -0.15) is 0 Å². The van der Waals surface area contributed by atoms with Crippen molar-refractivity contribution in [2.75, 3.05) is 6.54 Å². The fourth-order valence-electron chi connectivity index (χ4n) is 1.04. The van der Waals surface area contributed by atoms with Crippen molar-refractivity contribution in [1.29, 1.82) is 0 Å². The third kappa shape index (κ3) is 9.79. The summed E-state index contributed by atoms with van der Waals surface area (Å²) in [4.78, 5) is 21.5. The van der Waals surface area contributed by atoms with E-state index in [0.717, 1.165) is 0 Å². The van der Waals surface area contributed by atoms with Crippen molar-refractivity contribution in [2.45, 2.75) is 39.4 Å². The quantitative estimate of drug-likeness (QED) is 0.286. The van der Waals surface area contributed by atoms with Crippen LogP contribution in [0.5, 0.6) is 0 Å². The van der Waals surface area contributed by atoms with Crippen LogP contribution in [0.25, 0.3) is 0 Å². The molecular formula is C10H21CaNO5. The molecule has 0 aromatic carbocycles. The van der Waals surface area contributed by atoms with Crippen molar-refractivity contribution in [3.05, 3.63) is 0 Å². The fraction of sp³-hybridized carbons (Fsp3) is 0.800. The van der Waals surface area contributed by atoms with Gasteiger partial charge in [-0.25, -0.2) is 0 Å². The number of carbonyl (C=O) groups excluding carboxylic acids is 1. The van der Waals surface area contributed by atoms with Crippen LogP contribution in [-0.4, -0.2) is 77.8 Å². The van der Waals surface area contributed by atoms with Crippen LogP contribution in [0.2, 0.25) is 0 Å². The first-order chi connectivity index (χ1) is 7.25. The number of aliphatic carboxylic acids is 1. The Kier molecular flexibility index (Phi) is 10.4. The molecule has 0 radical (unpaired) electrons. The van der Waals surface area contributed by atoms with E-state index in [-0.39, 0.29) is 65.9 Å². The van der Waals surface area contributed by atoms with Gasteiger partial charge in [-0.05, 0) is 6.42 Å². The molecule has 0 aromatic heterocycles. The minimum absolute atomic E-state index is 0. The molecule has 6 nitrogen and oxygen atoms in total. The Morgan fingerprint density at radius 2 is 1.88 bits per heavy atom. The molecular weight excluding hydrogens is 254 g/mol. The maximum Gasteiger partial charge on any atom is 2.00 e. The van der Waals surface area contributed by atoms with Gasteiger partial charge in [0.15, 0.2) is 6.29 Å². The average molecular weight is 275 g/mol. The molecule has 0 rings (SSSR count). The van der Waals surface area contributed by atoms with Crippen LogP contribution in [0.4, 0.5) is 0 Å². The number of rotatable bonds is 7. The molecule has 4 N–H and O–H groups in total. The minimum atomic E-state index is -1.56. The predicted octanol–water partition coefficient (Wildman–Crippen LogP) is -0.461. The summed E-state index contributed by atoms with van der Waals surface area (Å²) in [5.41, 5.74) is -0.906. The van der Waals surface area contributed by atoms with Gasteiger partial charge in [0.05, 0.1) is 0 Å². The van der Waals surface area contributed by atoms with Crippen molar-refractivity contribution in [3.8, 4) is 0 Å². The van der Waals surface area contributed by atoms with Crippen molar-refractivity contribution in [3.63, 3.8) is 0 Å². The van der Waals surface area contributed by atoms with Crippen molar-refractivity contribution < 1.29 is 27.8 Å². The first kappa shape index (κ1) is 19.5. The number of carbonyl (C=O) groups is 2. The molecule has 0 aliphatic heterocycles. The Morgan fingerprint density at radius 3 is 2.29 bits per heavy atom. The number of aliphatic hydroxyl groups excluding tert-OH is 1. The molecule has 1 amide bonds. The molecule has 0 aromatic rings. The molecule has 7 heteroatoms. The Hall–Kier alpha value is 0.120. The normalized spacial score (nSPS) is 10.9. The molecule has 0 saturated heterocycles. The Balaban J connectivity index is -0.000000375. The Morgan fingerprint density at radius 1 is 1.35 bits per heavy atom. The molecule has 0 aliphatic rings. The van der Waals surface area contributed by atoms with Crippen LogP contribution in [0, 0.1) is 5.41 Å². The summed E-state index contributed by atoms with van der Waals surface area (Å²) in [6, 6.07) is 0. The number of carboxylic acids is 1. The summed E-state index contributed by atoms with van der Waals surface area (Å²) < 4.78 is 0. The zero-order chi connectivity index (χ0) is 12.8. The van der Waals surface area contributed by atoms with E-state index >= 15 is 0 Å². The van der Waals surface area contributed by atoms with Gasteiger partial charge in [0.25, 0.3) is 0 Å². The molecule has 0 atom stereocenters. The number of nitrogens with one attached hydrogen (secondary N) is 1. The van der Waals surface area contributed by atoms with Gasteiger partial charge in [-0.1, -0.05) is 13.8 Å². The van der Waals surface area contributed by atoms with Crippen molar-refractivity contribution in [2.24, 2.45) is 5.41 Å². The summed E-state index contributed by atoms with van der Waals surface area (Å²) in [5.74, 6) is -1.22. The van der Waals surface area contributed by atoms with Crippen LogP contribution in [0.3, 0.4) is 0 Å². The summed E-state index contributed by atoms with van der Waals surface area (Å²) in [6.45, 7) is 3.41. The molecule has 0 unspecified atom stereocenters. The maximum atomic E-state index is 11.3. The number of hydrogen-bond donors (Lipinski definition) is 4. The molecule has 0 fully saturated rings. The zero-order valence-corrected chi connectivity index (χ0v) is 12.5. The van der Waals surface area contributed by atoms with Crippen LogP contribution in [0.15, 0.2) is 0 Å². The zero-order valence-electron chi connectivity index (χ0n) is 12.3. The summed E-state index contributed by atoms with van der Waals surface area (Å²) in [6.07, 6.45) is -1.20. The molecule has 0 aliphatic carbocycles. The Labute approximate surface area is 133 Å². The summed E-state index contributed by atoms with van der Waals surface area (Å²) in [7, 11) is 0. The predicted molar refractivity (Wildman–Crippen MR) is 64.5 cm³/mol. The van der Waals surface area contributed by atoms with E-state index in [4.69, 9.17) is 15.3 Å². The minimum Gasteiger partial charge on any atom is -1.00 e. The smallest absolute Gasteiger partial charge is 1.00 e. The average Bonchev–Trinajstić information content (AvgIpc) is 2.11. The maximum absolute atomic E-state index is 11.3. The van der Waals surface area contributed by atoms with Gasteiger partial charge in [0.2, 0.25) is 5.91 Å². The number of hydrogen-bond acceptors (Lipinski definition) is 4. The monoisotopic (exact) mass is 275 g/mol. The number of carboxylic acid groups (broad SMARTS) is 1. The summed E-state index contributed by atoms with van der Waals surface area (Å²) >= 11 is 0. The molecule has 0 saturated carbocycles. The van der Waals surface area contributed by atoms with Crippen LogP contribution < -0.4 is 5.32 Å². The van der Waals surface area contributed by atoms with Crippen LogP contribution in [-0.2, 0) is 9.59 Å². The van der Waals surface area contributed by atoms with E-state index in [9.17, 15) is 9.59 Å². The third-order valence-electron chi connectivity index (χ3n) is 2.20. The first-order valence-corrected chi connectivity index (χ1v) is 5.10. The van der Waals surface area contributed by atoms with E-state index in [1.54, 1.807) is 13.8 Å². The van der Waals surface area contributed by atoms with E-state index in [0.29, 0.717) is 6.42 Å². The summed E-state index contributed by atoms with van der Waals surface area (Å²) in [5, 5.41) is 28.8. The van der Waals surface area contributed by atoms with E-state index in [1.165, 1.54) is 0 Å². The molecule has 17 heavy (non-hydrogen) atoms. The van der Waals surface area contributed by atoms with Gasteiger partial charge >= 0.3 is 43.7 Å². The van der Waals surface area contributed by atoms with Gasteiger partial charge in [-0.3, -0.25) is 9.59 Å². The standard InChI is InChI=1S/C10H19NO5.Ca.2H/c1-10(2,9(15)16)6-7(12)11-5-3-4-8(13)14;;;/h9,15-16H,3-6H2,1-2H3,(H,11,12)(H,13,14);;;/q;+2;2*-1. The second kappa shape index (κ2) is 9.10. The number of amides is 1. The fourth-order valence-corrected chi connectivity index (χ4v) is 1.04. The molecule has 98 valence electrons. The van der Waals surface area contributed by atoms with Crippen molar-refractivity contribution in [1.82, 2.24) is 5.32 Å². The molecule has 0 spiro atoms. The Bertz CT molecular complexity index is 264. The third-order valence-corrected chi connectivity index (χ3v) is 2.20. The second-order valence-electron chi connectivity index (χ2n) is 4.39. The van der Waals surface area contributed by atoms with E-state index in [2.05, 4.69) is 5.32 Å². The topological polar surface area (TPSA) is 107 Å².